The van der Waals surface area contributed by atoms with Gasteiger partial charge in [0.1, 0.15) is 0 Å². The van der Waals surface area contributed by atoms with E-state index in [1.54, 1.807) is 30.3 Å². The van der Waals surface area contributed by atoms with Crippen LogP contribution in [0.4, 0.5) is 0 Å². The van der Waals surface area contributed by atoms with E-state index >= 15 is 0 Å². The predicted molar refractivity (Wildman–Crippen MR) is 79.7 cm³/mol. The average molecular weight is 285 g/mol. The smallest absolute Gasteiger partial charge is 0.328 e. The highest BCUT2D eigenvalue weighted by atomic mass is 16.4. The van der Waals surface area contributed by atoms with Crippen LogP contribution in [0.3, 0.4) is 0 Å². The summed E-state index contributed by atoms with van der Waals surface area (Å²) < 4.78 is 1.31. The summed E-state index contributed by atoms with van der Waals surface area (Å²) >= 11 is 0. The molecule has 0 atom stereocenters. The summed E-state index contributed by atoms with van der Waals surface area (Å²) in [6, 6.07) is 8.23. The molecule has 2 aromatic rings. The van der Waals surface area contributed by atoms with Crippen LogP contribution >= 0.6 is 0 Å². The third-order valence-corrected chi connectivity index (χ3v) is 2.97. The summed E-state index contributed by atoms with van der Waals surface area (Å²) in [7, 11) is 0. The third-order valence-electron chi connectivity index (χ3n) is 2.97. The Bertz CT molecular complexity index is 696. The van der Waals surface area contributed by atoms with Crippen LogP contribution in [0.5, 0.6) is 11.8 Å². The number of benzene rings is 1. The molecule has 0 bridgehead atoms. The second-order valence-corrected chi connectivity index (χ2v) is 4.44. The number of aromatic nitrogens is 1. The molecule has 3 N–H and O–H groups in total. The van der Waals surface area contributed by atoms with Gasteiger partial charge in [-0.3, -0.25) is 4.57 Å². The molecule has 5 heteroatoms. The SMILES string of the molecule is C=CCc1cc(O)n(-c2ccc(C=CC(=O)O)cc2)c1O. The minimum absolute atomic E-state index is 0.0405. The third kappa shape index (κ3) is 3.14. The van der Waals surface area contributed by atoms with E-state index in [0.29, 0.717) is 23.2 Å². The van der Waals surface area contributed by atoms with Gasteiger partial charge >= 0.3 is 5.97 Å². The molecule has 0 unspecified atom stereocenters. The van der Waals surface area contributed by atoms with Crippen LogP contribution in [0, 0.1) is 0 Å². The molecule has 5 nitrogen and oxygen atoms in total. The van der Waals surface area contributed by atoms with Crippen LogP contribution in [0.25, 0.3) is 11.8 Å². The van der Waals surface area contributed by atoms with Crippen LogP contribution in [0.1, 0.15) is 11.1 Å². The Balaban J connectivity index is 2.35. The monoisotopic (exact) mass is 285 g/mol. The van der Waals surface area contributed by atoms with Gasteiger partial charge in [0.2, 0.25) is 5.88 Å². The summed E-state index contributed by atoms with van der Waals surface area (Å²) in [6.45, 7) is 3.60. The molecule has 0 saturated heterocycles. The second kappa shape index (κ2) is 6.00. The molecule has 21 heavy (non-hydrogen) atoms. The van der Waals surface area contributed by atoms with E-state index in [0.717, 1.165) is 6.08 Å². The fourth-order valence-electron chi connectivity index (χ4n) is 2.00. The van der Waals surface area contributed by atoms with Crippen molar-refractivity contribution in [2.45, 2.75) is 6.42 Å². The van der Waals surface area contributed by atoms with Crippen LogP contribution in [-0.2, 0) is 11.2 Å². The van der Waals surface area contributed by atoms with Crippen LogP contribution in [-0.4, -0.2) is 25.9 Å². The van der Waals surface area contributed by atoms with E-state index in [1.807, 2.05) is 0 Å². The number of hydrogen-bond donors (Lipinski definition) is 3. The highest BCUT2D eigenvalue weighted by Crippen LogP contribution is 2.32. The molecule has 0 amide bonds. The zero-order chi connectivity index (χ0) is 15.4. The number of carboxylic acids is 1. The van der Waals surface area contributed by atoms with Gasteiger partial charge in [0, 0.05) is 17.7 Å². The highest BCUT2D eigenvalue weighted by Gasteiger charge is 2.14. The number of hydrogen-bond acceptors (Lipinski definition) is 3. The summed E-state index contributed by atoms with van der Waals surface area (Å²) in [5.41, 5.74) is 1.86. The number of aromatic hydroxyl groups is 2. The lowest BCUT2D eigenvalue weighted by Gasteiger charge is -2.07. The van der Waals surface area contributed by atoms with Gasteiger partial charge in [-0.2, -0.15) is 0 Å². The van der Waals surface area contributed by atoms with Gasteiger partial charge in [-0.1, -0.05) is 18.2 Å². The number of aliphatic carboxylic acids is 1. The fourth-order valence-corrected chi connectivity index (χ4v) is 2.00. The summed E-state index contributed by atoms with van der Waals surface area (Å²) in [4.78, 5) is 10.4. The van der Waals surface area contributed by atoms with Crippen molar-refractivity contribution in [2.75, 3.05) is 0 Å². The molecule has 2 rings (SSSR count). The van der Waals surface area contributed by atoms with E-state index in [2.05, 4.69) is 6.58 Å². The Labute approximate surface area is 121 Å². The first-order valence-electron chi connectivity index (χ1n) is 6.28. The molecule has 0 fully saturated rings. The molecule has 1 aromatic carbocycles. The number of nitrogens with zero attached hydrogens (tertiary/aromatic N) is 1. The minimum atomic E-state index is -1.02. The topological polar surface area (TPSA) is 82.7 Å². The van der Waals surface area contributed by atoms with E-state index in [4.69, 9.17) is 5.11 Å². The van der Waals surface area contributed by atoms with Gasteiger partial charge in [0.15, 0.2) is 5.88 Å². The lowest BCUT2D eigenvalue weighted by atomic mass is 10.2. The Hall–Kier alpha value is -2.95. The summed E-state index contributed by atoms with van der Waals surface area (Å²) in [5, 5.41) is 28.6. The van der Waals surface area contributed by atoms with Crippen molar-refractivity contribution in [3.63, 3.8) is 0 Å². The molecule has 0 radical (unpaired) electrons. The quantitative estimate of drug-likeness (QED) is 0.582. The lowest BCUT2D eigenvalue weighted by molar-refractivity contribution is -0.131. The van der Waals surface area contributed by atoms with Gasteiger partial charge in [-0.05, 0) is 30.2 Å². The van der Waals surface area contributed by atoms with Gasteiger partial charge in [-0.15, -0.1) is 6.58 Å². The average Bonchev–Trinajstić information content (AvgIpc) is 2.72. The Morgan fingerprint density at radius 3 is 2.48 bits per heavy atom. The first kappa shape index (κ1) is 14.5. The lowest BCUT2D eigenvalue weighted by Crippen LogP contribution is -1.93. The van der Waals surface area contributed by atoms with E-state index in [1.165, 1.54) is 16.7 Å². The highest BCUT2D eigenvalue weighted by molar-refractivity contribution is 5.85. The molecule has 0 aliphatic heterocycles. The van der Waals surface area contributed by atoms with Crippen molar-refractivity contribution < 1.29 is 20.1 Å². The Kier molecular flexibility index (Phi) is 4.13. The predicted octanol–water partition coefficient (Wildman–Crippen LogP) is 2.71. The van der Waals surface area contributed by atoms with Gasteiger partial charge in [-0.25, -0.2) is 4.79 Å². The number of allylic oxidation sites excluding steroid dienone is 1. The van der Waals surface area contributed by atoms with Crippen molar-refractivity contribution in [3.8, 4) is 17.4 Å². The maximum atomic E-state index is 10.4. The normalized spacial score (nSPS) is 10.9. The zero-order valence-electron chi connectivity index (χ0n) is 11.2. The van der Waals surface area contributed by atoms with Crippen molar-refractivity contribution in [1.29, 1.82) is 0 Å². The first-order valence-corrected chi connectivity index (χ1v) is 6.28. The summed E-state index contributed by atoms with van der Waals surface area (Å²) in [5.74, 6) is -1.13. The van der Waals surface area contributed by atoms with Gasteiger partial charge < -0.3 is 15.3 Å². The van der Waals surface area contributed by atoms with Crippen molar-refractivity contribution >= 4 is 12.0 Å². The van der Waals surface area contributed by atoms with Crippen molar-refractivity contribution in [3.05, 3.63) is 60.2 Å². The van der Waals surface area contributed by atoms with Crippen LogP contribution in [0.2, 0.25) is 0 Å². The van der Waals surface area contributed by atoms with Crippen molar-refractivity contribution in [2.24, 2.45) is 0 Å². The summed E-state index contributed by atoms with van der Waals surface area (Å²) in [6.07, 6.45) is 4.59. The molecule has 0 spiro atoms. The minimum Gasteiger partial charge on any atom is -0.494 e. The molecule has 108 valence electrons. The zero-order valence-corrected chi connectivity index (χ0v) is 11.2. The fraction of sp³-hybridized carbons (Fsp3) is 0.0625. The first-order chi connectivity index (χ1) is 10.0. The molecule has 1 heterocycles. The molecule has 1 aromatic heterocycles. The van der Waals surface area contributed by atoms with E-state index in [9.17, 15) is 15.0 Å². The molecule has 0 saturated carbocycles. The molecule has 0 aliphatic carbocycles. The Morgan fingerprint density at radius 1 is 1.24 bits per heavy atom. The molecular formula is C16H15NO4. The number of carboxylic acid groups (broad SMARTS) is 1. The maximum Gasteiger partial charge on any atom is 0.328 e. The van der Waals surface area contributed by atoms with Crippen LogP contribution < -0.4 is 0 Å². The number of carbonyl (C=O) groups is 1. The van der Waals surface area contributed by atoms with Crippen molar-refractivity contribution in [1.82, 2.24) is 4.57 Å². The Morgan fingerprint density at radius 2 is 1.90 bits per heavy atom. The second-order valence-electron chi connectivity index (χ2n) is 4.44. The molecule has 0 aliphatic rings. The van der Waals surface area contributed by atoms with Gasteiger partial charge in [0.25, 0.3) is 0 Å². The van der Waals surface area contributed by atoms with Crippen LogP contribution in [0.15, 0.2) is 49.1 Å². The van der Waals surface area contributed by atoms with Gasteiger partial charge in [0.05, 0.1) is 5.69 Å². The number of rotatable bonds is 5. The molecular weight excluding hydrogens is 270 g/mol. The van der Waals surface area contributed by atoms with E-state index in [-0.39, 0.29) is 11.8 Å². The maximum absolute atomic E-state index is 10.4. The standard InChI is InChI=1S/C16H15NO4/c1-2-3-12-10-14(18)17(16(12)21)13-7-4-11(5-8-13)6-9-15(19)20/h2,4-10,18,21H,1,3H2,(H,19,20). The van der Waals surface area contributed by atoms with E-state index < -0.39 is 5.97 Å². The largest absolute Gasteiger partial charge is 0.494 e.